The van der Waals surface area contributed by atoms with Gasteiger partial charge in [0.1, 0.15) is 0 Å². The molecular formula is C53H40N2. The van der Waals surface area contributed by atoms with Gasteiger partial charge in [-0.05, 0) is 105 Å². The Morgan fingerprint density at radius 2 is 0.927 bits per heavy atom. The first-order valence-corrected chi connectivity index (χ1v) is 19.1. The predicted octanol–water partition coefficient (Wildman–Crippen LogP) is 14.4. The zero-order valence-electron chi connectivity index (χ0n) is 31.0. The van der Waals surface area contributed by atoms with Gasteiger partial charge in [0.05, 0.1) is 5.52 Å². The highest BCUT2D eigenvalue weighted by Crippen LogP contribution is 2.50. The minimum atomic E-state index is -0.0907. The molecule has 2 nitrogen and oxygen atoms in total. The molecule has 262 valence electrons. The lowest BCUT2D eigenvalue weighted by Gasteiger charge is -2.28. The Balaban J connectivity index is 1.04. The van der Waals surface area contributed by atoms with E-state index >= 15 is 0 Å². The van der Waals surface area contributed by atoms with E-state index in [0.29, 0.717) is 0 Å². The first-order chi connectivity index (χ1) is 27.0. The third-order valence-electron chi connectivity index (χ3n) is 11.4. The van der Waals surface area contributed by atoms with Crippen LogP contribution in [0.1, 0.15) is 25.0 Å². The number of aromatic nitrogens is 1. The van der Waals surface area contributed by atoms with Gasteiger partial charge in [-0.25, -0.2) is 0 Å². The fraction of sp³-hybridized carbons (Fsp3) is 0.0566. The summed E-state index contributed by atoms with van der Waals surface area (Å²) in [6.07, 6.45) is 2.28. The fourth-order valence-electron chi connectivity index (χ4n) is 8.59. The number of para-hydroxylation sites is 1. The van der Waals surface area contributed by atoms with Crippen LogP contribution in [0.15, 0.2) is 206 Å². The third-order valence-corrected chi connectivity index (χ3v) is 11.4. The molecule has 0 spiro atoms. The van der Waals surface area contributed by atoms with Crippen LogP contribution in [0.4, 0.5) is 17.1 Å². The largest absolute Gasteiger partial charge is 0.316 e. The summed E-state index contributed by atoms with van der Waals surface area (Å²) in [5, 5.41) is 1.25. The molecule has 1 heterocycles. The number of nitrogens with zero attached hydrogens (tertiary/aromatic N) is 2. The van der Waals surface area contributed by atoms with Crippen LogP contribution in [-0.4, -0.2) is 4.57 Å². The zero-order valence-corrected chi connectivity index (χ0v) is 31.0. The van der Waals surface area contributed by atoms with Gasteiger partial charge in [0.15, 0.2) is 0 Å². The van der Waals surface area contributed by atoms with Crippen LogP contribution in [0.2, 0.25) is 0 Å². The second-order valence-corrected chi connectivity index (χ2v) is 15.0. The van der Waals surface area contributed by atoms with Crippen molar-refractivity contribution in [1.82, 2.24) is 4.57 Å². The lowest BCUT2D eigenvalue weighted by molar-refractivity contribution is 0.660. The minimum Gasteiger partial charge on any atom is -0.316 e. The highest BCUT2D eigenvalue weighted by Gasteiger charge is 2.35. The van der Waals surface area contributed by atoms with Crippen molar-refractivity contribution < 1.29 is 0 Å². The predicted molar refractivity (Wildman–Crippen MR) is 232 cm³/mol. The Bertz CT molecular complexity index is 2810. The van der Waals surface area contributed by atoms with Crippen LogP contribution >= 0.6 is 0 Å². The number of fused-ring (bicyclic) bond motifs is 4. The minimum absolute atomic E-state index is 0.0907. The molecule has 0 bridgehead atoms. The van der Waals surface area contributed by atoms with Crippen molar-refractivity contribution in [2.24, 2.45) is 0 Å². The zero-order chi connectivity index (χ0) is 36.9. The van der Waals surface area contributed by atoms with E-state index in [2.05, 4.69) is 230 Å². The molecule has 8 aromatic carbocycles. The summed E-state index contributed by atoms with van der Waals surface area (Å²) in [4.78, 5) is 2.39. The number of hydrogen-bond acceptors (Lipinski definition) is 1. The Morgan fingerprint density at radius 3 is 1.65 bits per heavy atom. The molecule has 0 aliphatic heterocycles. The van der Waals surface area contributed by atoms with Crippen LogP contribution < -0.4 is 4.90 Å². The van der Waals surface area contributed by atoms with Crippen molar-refractivity contribution >= 4 is 28.0 Å². The molecule has 0 saturated carbocycles. The van der Waals surface area contributed by atoms with Crippen LogP contribution in [-0.2, 0) is 5.41 Å². The second-order valence-electron chi connectivity index (χ2n) is 15.0. The Hall–Kier alpha value is -6.90. The molecule has 10 rings (SSSR count). The second kappa shape index (κ2) is 13.2. The van der Waals surface area contributed by atoms with Gasteiger partial charge in [0.2, 0.25) is 0 Å². The van der Waals surface area contributed by atoms with Gasteiger partial charge in [-0.15, -0.1) is 0 Å². The smallest absolute Gasteiger partial charge is 0.0534 e. The highest BCUT2D eigenvalue weighted by molar-refractivity contribution is 5.97. The molecule has 0 amide bonds. The monoisotopic (exact) mass is 704 g/mol. The summed E-state index contributed by atoms with van der Waals surface area (Å²) in [5.41, 5.74) is 18.3. The van der Waals surface area contributed by atoms with Crippen LogP contribution in [0.25, 0.3) is 61.1 Å². The number of rotatable bonds is 7. The van der Waals surface area contributed by atoms with E-state index in [1.165, 1.54) is 66.5 Å². The van der Waals surface area contributed by atoms with E-state index in [4.69, 9.17) is 0 Å². The summed E-state index contributed by atoms with van der Waals surface area (Å²) in [6.45, 7) is 4.70. The summed E-state index contributed by atoms with van der Waals surface area (Å²) in [7, 11) is 0. The van der Waals surface area contributed by atoms with Gasteiger partial charge in [-0.1, -0.05) is 159 Å². The number of anilines is 3. The summed E-state index contributed by atoms with van der Waals surface area (Å²) in [6, 6.07) is 72.7. The molecule has 1 aromatic heterocycles. The summed E-state index contributed by atoms with van der Waals surface area (Å²) < 4.78 is 2.32. The molecule has 0 radical (unpaired) electrons. The molecule has 55 heavy (non-hydrogen) atoms. The standard InChI is InChI=1S/C53H40N2/c1-53(2)50-22-11-9-20-46(50)47-33-32-45(35-51(47)53)55(42-28-24-38(25-29-42)37-14-5-3-6-15-37)43-30-26-39(27-31-43)41-18-13-19-44(34-41)54-36-49(40-16-7-4-8-17-40)48-21-10-12-23-52(48)54/h3-36H,1-2H3. The van der Waals surface area contributed by atoms with Crippen molar-refractivity contribution in [2.75, 3.05) is 4.90 Å². The van der Waals surface area contributed by atoms with Crippen molar-refractivity contribution in [3.05, 3.63) is 218 Å². The highest BCUT2D eigenvalue weighted by atomic mass is 15.1. The molecule has 1 aliphatic carbocycles. The molecule has 2 heteroatoms. The summed E-state index contributed by atoms with van der Waals surface area (Å²) >= 11 is 0. The average Bonchev–Trinajstić information content (AvgIpc) is 3.75. The molecule has 0 saturated heterocycles. The van der Waals surface area contributed by atoms with Gasteiger partial charge in [0, 0.05) is 45.3 Å². The first kappa shape index (κ1) is 32.7. The van der Waals surface area contributed by atoms with E-state index in [9.17, 15) is 0 Å². The van der Waals surface area contributed by atoms with Gasteiger partial charge < -0.3 is 9.47 Å². The van der Waals surface area contributed by atoms with Gasteiger partial charge in [-0.3, -0.25) is 0 Å². The molecule has 0 fully saturated rings. The molecule has 9 aromatic rings. The Kier molecular flexibility index (Phi) is 7.85. The van der Waals surface area contributed by atoms with Crippen LogP contribution in [0, 0.1) is 0 Å². The first-order valence-electron chi connectivity index (χ1n) is 19.1. The third kappa shape index (κ3) is 5.66. The Labute approximate surface area is 323 Å². The van der Waals surface area contributed by atoms with Crippen molar-refractivity contribution in [3.63, 3.8) is 0 Å². The van der Waals surface area contributed by atoms with E-state index < -0.39 is 0 Å². The SMILES string of the molecule is CC1(C)c2ccccc2-c2ccc(N(c3ccc(-c4ccccc4)cc3)c3ccc(-c4cccc(-n5cc(-c6ccccc6)c6ccccc65)c4)cc3)cc21. The van der Waals surface area contributed by atoms with E-state index in [1.807, 2.05) is 0 Å². The maximum Gasteiger partial charge on any atom is 0.0534 e. The molecule has 1 aliphatic rings. The van der Waals surface area contributed by atoms with Crippen molar-refractivity contribution in [1.29, 1.82) is 0 Å². The number of hydrogen-bond donors (Lipinski definition) is 0. The molecule has 0 N–H and O–H groups in total. The van der Waals surface area contributed by atoms with E-state index in [0.717, 1.165) is 22.7 Å². The quantitative estimate of drug-likeness (QED) is 0.160. The molecular weight excluding hydrogens is 665 g/mol. The normalized spacial score (nSPS) is 12.7. The molecule has 0 atom stereocenters. The number of benzene rings is 8. The fourth-order valence-corrected chi connectivity index (χ4v) is 8.59. The van der Waals surface area contributed by atoms with Crippen LogP contribution in [0.5, 0.6) is 0 Å². The maximum absolute atomic E-state index is 2.41. The lowest BCUT2D eigenvalue weighted by Crippen LogP contribution is -2.16. The van der Waals surface area contributed by atoms with Crippen molar-refractivity contribution in [2.45, 2.75) is 19.3 Å². The van der Waals surface area contributed by atoms with Crippen LogP contribution in [0.3, 0.4) is 0 Å². The van der Waals surface area contributed by atoms with Gasteiger partial charge in [-0.2, -0.15) is 0 Å². The van der Waals surface area contributed by atoms with Gasteiger partial charge >= 0.3 is 0 Å². The lowest BCUT2D eigenvalue weighted by atomic mass is 9.82. The topological polar surface area (TPSA) is 8.17 Å². The average molecular weight is 705 g/mol. The van der Waals surface area contributed by atoms with E-state index in [1.54, 1.807) is 0 Å². The van der Waals surface area contributed by atoms with E-state index in [-0.39, 0.29) is 5.41 Å². The van der Waals surface area contributed by atoms with Gasteiger partial charge in [0.25, 0.3) is 0 Å². The summed E-state index contributed by atoms with van der Waals surface area (Å²) in [5.74, 6) is 0. The van der Waals surface area contributed by atoms with Crippen molar-refractivity contribution in [3.8, 4) is 50.2 Å². The maximum atomic E-state index is 2.41. The molecule has 0 unspecified atom stereocenters. The Morgan fingerprint density at radius 1 is 0.382 bits per heavy atom.